The van der Waals surface area contributed by atoms with E-state index in [-0.39, 0.29) is 5.92 Å². The summed E-state index contributed by atoms with van der Waals surface area (Å²) in [7, 11) is 0. The van der Waals surface area contributed by atoms with Gasteiger partial charge >= 0.3 is 0 Å². The van der Waals surface area contributed by atoms with Gasteiger partial charge in [0, 0.05) is 5.92 Å². The van der Waals surface area contributed by atoms with E-state index in [2.05, 4.69) is 37.3 Å². The molecule has 2 aromatic carbocycles. The molecule has 1 atom stereocenters. The maximum Gasteiger partial charge on any atom is 0.164 e. The summed E-state index contributed by atoms with van der Waals surface area (Å²) in [5, 5.41) is 0. The van der Waals surface area contributed by atoms with Crippen molar-refractivity contribution in [3.63, 3.8) is 0 Å². The first-order chi connectivity index (χ1) is 11.7. The van der Waals surface area contributed by atoms with Crippen LogP contribution in [0.3, 0.4) is 0 Å². The zero-order valence-corrected chi connectivity index (χ0v) is 15.0. The Morgan fingerprint density at radius 1 is 0.917 bits per heavy atom. The topological polar surface area (TPSA) is 44.5 Å². The van der Waals surface area contributed by atoms with Crippen molar-refractivity contribution in [3.8, 4) is 11.5 Å². The molecule has 0 bridgehead atoms. The number of nitrogens with two attached hydrogens (primary N) is 1. The van der Waals surface area contributed by atoms with Gasteiger partial charge in [0.2, 0.25) is 0 Å². The fraction of sp³-hybridized carbons (Fsp3) is 0.429. The molecule has 2 aromatic rings. The van der Waals surface area contributed by atoms with Gasteiger partial charge in [-0.05, 0) is 56.0 Å². The van der Waals surface area contributed by atoms with Crippen LogP contribution in [0.5, 0.6) is 11.5 Å². The minimum absolute atomic E-state index is 0.270. The van der Waals surface area contributed by atoms with Gasteiger partial charge in [-0.3, -0.25) is 0 Å². The van der Waals surface area contributed by atoms with E-state index < -0.39 is 0 Å². The van der Waals surface area contributed by atoms with Gasteiger partial charge in [-0.1, -0.05) is 43.3 Å². The molecule has 1 unspecified atom stereocenters. The molecule has 2 rings (SSSR count). The van der Waals surface area contributed by atoms with Crippen LogP contribution in [0.1, 0.15) is 43.4 Å². The summed E-state index contributed by atoms with van der Waals surface area (Å²) in [5.41, 5.74) is 9.85. The Balaban J connectivity index is 2.27. The van der Waals surface area contributed by atoms with Crippen LogP contribution in [0.15, 0.2) is 42.5 Å². The highest BCUT2D eigenvalue weighted by Gasteiger charge is 2.16. The van der Waals surface area contributed by atoms with Crippen molar-refractivity contribution in [2.75, 3.05) is 19.8 Å². The Morgan fingerprint density at radius 3 is 2.21 bits per heavy atom. The van der Waals surface area contributed by atoms with E-state index in [1.807, 2.05) is 26.0 Å². The Kier molecular flexibility index (Phi) is 7.13. The average molecular weight is 327 g/mol. The van der Waals surface area contributed by atoms with E-state index in [1.165, 1.54) is 11.1 Å². The number of benzene rings is 2. The molecule has 2 N–H and O–H groups in total. The molecule has 0 heterocycles. The molecule has 0 amide bonds. The zero-order chi connectivity index (χ0) is 17.4. The third-order valence-electron chi connectivity index (χ3n) is 4.26. The SMILES string of the molecule is CCOc1cccc(CC(CN)c2ccc(CC)cc2)c1OCC. The lowest BCUT2D eigenvalue weighted by molar-refractivity contribution is 0.285. The molecule has 0 spiro atoms. The first kappa shape index (κ1) is 18.3. The number of rotatable bonds is 9. The Hall–Kier alpha value is -2.00. The fourth-order valence-corrected chi connectivity index (χ4v) is 2.93. The van der Waals surface area contributed by atoms with Gasteiger partial charge in [0.05, 0.1) is 13.2 Å². The lowest BCUT2D eigenvalue weighted by Gasteiger charge is -2.20. The minimum atomic E-state index is 0.270. The van der Waals surface area contributed by atoms with Crippen molar-refractivity contribution in [2.24, 2.45) is 5.73 Å². The molecule has 0 radical (unpaired) electrons. The summed E-state index contributed by atoms with van der Waals surface area (Å²) >= 11 is 0. The Labute approximate surface area is 145 Å². The number of hydrogen-bond donors (Lipinski definition) is 1. The smallest absolute Gasteiger partial charge is 0.164 e. The van der Waals surface area contributed by atoms with E-state index in [4.69, 9.17) is 15.2 Å². The number of hydrogen-bond acceptors (Lipinski definition) is 3. The predicted molar refractivity (Wildman–Crippen MR) is 100 cm³/mol. The molecular formula is C21H29NO2. The maximum atomic E-state index is 6.07. The molecule has 130 valence electrons. The van der Waals surface area contributed by atoms with Crippen molar-refractivity contribution in [1.82, 2.24) is 0 Å². The maximum absolute atomic E-state index is 6.07. The highest BCUT2D eigenvalue weighted by Crippen LogP contribution is 2.34. The Morgan fingerprint density at radius 2 is 1.62 bits per heavy atom. The van der Waals surface area contributed by atoms with Crippen molar-refractivity contribution >= 4 is 0 Å². The first-order valence-corrected chi connectivity index (χ1v) is 8.89. The summed E-state index contributed by atoms with van der Waals surface area (Å²) in [6.45, 7) is 8.01. The van der Waals surface area contributed by atoms with Gasteiger partial charge in [0.1, 0.15) is 0 Å². The second kappa shape index (κ2) is 9.33. The number of aryl methyl sites for hydroxylation is 1. The highest BCUT2D eigenvalue weighted by atomic mass is 16.5. The van der Waals surface area contributed by atoms with Gasteiger partial charge in [0.15, 0.2) is 11.5 Å². The van der Waals surface area contributed by atoms with E-state index in [1.54, 1.807) is 0 Å². The largest absolute Gasteiger partial charge is 0.490 e. The number of ether oxygens (including phenoxy) is 2. The van der Waals surface area contributed by atoms with Crippen LogP contribution < -0.4 is 15.2 Å². The van der Waals surface area contributed by atoms with Crippen molar-refractivity contribution in [1.29, 1.82) is 0 Å². The summed E-state index contributed by atoms with van der Waals surface area (Å²) in [6.07, 6.45) is 1.90. The molecule has 0 saturated carbocycles. The van der Waals surface area contributed by atoms with E-state index in [9.17, 15) is 0 Å². The fourth-order valence-electron chi connectivity index (χ4n) is 2.93. The first-order valence-electron chi connectivity index (χ1n) is 8.89. The highest BCUT2D eigenvalue weighted by molar-refractivity contribution is 5.47. The molecule has 0 aromatic heterocycles. The molecule has 0 fully saturated rings. The van der Waals surface area contributed by atoms with Crippen LogP contribution in [0.2, 0.25) is 0 Å². The number of para-hydroxylation sites is 1. The van der Waals surface area contributed by atoms with Gasteiger partial charge in [-0.15, -0.1) is 0 Å². The summed E-state index contributed by atoms with van der Waals surface area (Å²) in [4.78, 5) is 0. The van der Waals surface area contributed by atoms with Crippen LogP contribution in [0, 0.1) is 0 Å². The van der Waals surface area contributed by atoms with Crippen LogP contribution >= 0.6 is 0 Å². The molecular weight excluding hydrogens is 298 g/mol. The molecule has 24 heavy (non-hydrogen) atoms. The van der Waals surface area contributed by atoms with E-state index in [0.717, 1.165) is 29.9 Å². The zero-order valence-electron chi connectivity index (χ0n) is 15.0. The van der Waals surface area contributed by atoms with Gasteiger partial charge < -0.3 is 15.2 Å². The van der Waals surface area contributed by atoms with E-state index in [0.29, 0.717) is 19.8 Å². The van der Waals surface area contributed by atoms with Gasteiger partial charge in [0.25, 0.3) is 0 Å². The van der Waals surface area contributed by atoms with Crippen LogP contribution in [0.25, 0.3) is 0 Å². The third-order valence-corrected chi connectivity index (χ3v) is 4.26. The van der Waals surface area contributed by atoms with Crippen molar-refractivity contribution in [3.05, 3.63) is 59.2 Å². The molecule has 3 heteroatoms. The van der Waals surface area contributed by atoms with Crippen LogP contribution in [-0.4, -0.2) is 19.8 Å². The van der Waals surface area contributed by atoms with E-state index >= 15 is 0 Å². The molecule has 3 nitrogen and oxygen atoms in total. The molecule has 0 aliphatic rings. The molecule has 0 aliphatic heterocycles. The second-order valence-corrected chi connectivity index (χ2v) is 5.84. The summed E-state index contributed by atoms with van der Waals surface area (Å²) in [5.74, 6) is 1.94. The van der Waals surface area contributed by atoms with Gasteiger partial charge in [-0.2, -0.15) is 0 Å². The third kappa shape index (κ3) is 4.51. The Bertz CT molecular complexity index is 622. The van der Waals surface area contributed by atoms with Crippen molar-refractivity contribution < 1.29 is 9.47 Å². The second-order valence-electron chi connectivity index (χ2n) is 5.84. The van der Waals surface area contributed by atoms with Crippen LogP contribution in [-0.2, 0) is 12.8 Å². The molecule has 0 saturated heterocycles. The predicted octanol–water partition coefficient (Wildman–Crippen LogP) is 4.33. The van der Waals surface area contributed by atoms with Crippen molar-refractivity contribution in [2.45, 2.75) is 39.5 Å². The minimum Gasteiger partial charge on any atom is -0.490 e. The normalized spacial score (nSPS) is 12.0. The molecule has 0 aliphatic carbocycles. The summed E-state index contributed by atoms with van der Waals surface area (Å²) < 4.78 is 11.6. The monoisotopic (exact) mass is 327 g/mol. The summed E-state index contributed by atoms with van der Waals surface area (Å²) in [6, 6.07) is 14.9. The lowest BCUT2D eigenvalue weighted by Crippen LogP contribution is -2.16. The van der Waals surface area contributed by atoms with Crippen LogP contribution in [0.4, 0.5) is 0 Å². The average Bonchev–Trinajstić information content (AvgIpc) is 2.62. The standard InChI is InChI=1S/C21H29NO2/c1-4-16-10-12-17(13-11-16)19(15-22)14-18-8-7-9-20(23-5-2)21(18)24-6-3/h7-13,19H,4-6,14-15,22H2,1-3H3. The van der Waals surface area contributed by atoms with Gasteiger partial charge in [-0.25, -0.2) is 0 Å². The quantitative estimate of drug-likeness (QED) is 0.745. The lowest BCUT2D eigenvalue weighted by atomic mass is 9.91.